The Kier molecular flexibility index (Phi) is 6.26. The molecule has 6 heteroatoms. The Balaban J connectivity index is 4.20. The van der Waals surface area contributed by atoms with Crippen molar-refractivity contribution >= 4 is 10.2 Å². The lowest BCUT2D eigenvalue weighted by Crippen LogP contribution is -2.43. The van der Waals surface area contributed by atoms with E-state index in [2.05, 4.69) is 4.72 Å². The first-order valence-electron chi connectivity index (χ1n) is 4.75. The maximum Gasteiger partial charge on any atom is 0.279 e. The lowest BCUT2D eigenvalue weighted by atomic mass is 10.4. The molecule has 86 valence electrons. The minimum Gasteiger partial charge on any atom is -0.380 e. The van der Waals surface area contributed by atoms with E-state index in [0.29, 0.717) is 19.6 Å². The molecule has 0 aliphatic heterocycles. The summed E-state index contributed by atoms with van der Waals surface area (Å²) in [6.45, 7) is 6.69. The van der Waals surface area contributed by atoms with E-state index in [0.717, 1.165) is 0 Å². The van der Waals surface area contributed by atoms with Gasteiger partial charge in [-0.15, -0.1) is 0 Å². The molecule has 1 atom stereocenters. The summed E-state index contributed by atoms with van der Waals surface area (Å²) in [5, 5.41) is 0. The highest BCUT2D eigenvalue weighted by Crippen LogP contribution is 1.97. The molecule has 0 radical (unpaired) electrons. The van der Waals surface area contributed by atoms with Gasteiger partial charge in [0.1, 0.15) is 0 Å². The number of hydrogen-bond donors (Lipinski definition) is 1. The van der Waals surface area contributed by atoms with Gasteiger partial charge in [-0.3, -0.25) is 0 Å². The lowest BCUT2D eigenvalue weighted by Gasteiger charge is -2.20. The standard InChI is InChI=1S/C8H20N2O3S/c1-5-10(6-2)14(11,12)9-7-8(3)13-4/h8-9H,5-7H2,1-4H3. The quantitative estimate of drug-likeness (QED) is 0.672. The van der Waals surface area contributed by atoms with E-state index in [9.17, 15) is 8.42 Å². The molecule has 0 fully saturated rings. The highest BCUT2D eigenvalue weighted by atomic mass is 32.2. The van der Waals surface area contributed by atoms with E-state index in [4.69, 9.17) is 4.74 Å². The second-order valence-corrected chi connectivity index (χ2v) is 4.74. The van der Waals surface area contributed by atoms with E-state index in [1.807, 2.05) is 20.8 Å². The summed E-state index contributed by atoms with van der Waals surface area (Å²) in [5.74, 6) is 0. The minimum atomic E-state index is -3.32. The molecule has 0 spiro atoms. The molecule has 0 heterocycles. The number of methoxy groups -OCH3 is 1. The number of nitrogens with zero attached hydrogens (tertiary/aromatic N) is 1. The van der Waals surface area contributed by atoms with Crippen LogP contribution in [-0.2, 0) is 14.9 Å². The van der Waals surface area contributed by atoms with Gasteiger partial charge in [0.2, 0.25) is 0 Å². The summed E-state index contributed by atoms with van der Waals surface area (Å²) >= 11 is 0. The maximum atomic E-state index is 11.6. The van der Waals surface area contributed by atoms with Gasteiger partial charge in [-0.25, -0.2) is 0 Å². The smallest absolute Gasteiger partial charge is 0.279 e. The molecule has 0 aromatic heterocycles. The largest absolute Gasteiger partial charge is 0.380 e. The molecule has 0 rings (SSSR count). The van der Waals surface area contributed by atoms with Gasteiger partial charge < -0.3 is 4.74 Å². The average Bonchev–Trinajstić information content (AvgIpc) is 2.15. The molecule has 14 heavy (non-hydrogen) atoms. The van der Waals surface area contributed by atoms with Gasteiger partial charge in [0.05, 0.1) is 6.10 Å². The molecule has 5 nitrogen and oxygen atoms in total. The van der Waals surface area contributed by atoms with Crippen LogP contribution in [0.15, 0.2) is 0 Å². The monoisotopic (exact) mass is 224 g/mol. The molecule has 0 saturated heterocycles. The first-order valence-corrected chi connectivity index (χ1v) is 6.19. The second-order valence-electron chi connectivity index (χ2n) is 2.98. The first-order chi connectivity index (χ1) is 6.47. The van der Waals surface area contributed by atoms with Gasteiger partial charge in [-0.1, -0.05) is 13.8 Å². The van der Waals surface area contributed by atoms with Crippen LogP contribution in [0.2, 0.25) is 0 Å². The van der Waals surface area contributed by atoms with Crippen LogP contribution in [0.1, 0.15) is 20.8 Å². The number of ether oxygens (including phenoxy) is 1. The maximum absolute atomic E-state index is 11.6. The molecule has 0 aliphatic rings. The van der Waals surface area contributed by atoms with Crippen molar-refractivity contribution in [3.05, 3.63) is 0 Å². The van der Waals surface area contributed by atoms with Crippen LogP contribution < -0.4 is 4.72 Å². The van der Waals surface area contributed by atoms with Crippen molar-refractivity contribution in [3.63, 3.8) is 0 Å². The van der Waals surface area contributed by atoms with Crippen molar-refractivity contribution in [2.24, 2.45) is 0 Å². The lowest BCUT2D eigenvalue weighted by molar-refractivity contribution is 0.121. The molecule has 0 bridgehead atoms. The zero-order chi connectivity index (χ0) is 11.2. The molecular weight excluding hydrogens is 204 g/mol. The van der Waals surface area contributed by atoms with Crippen LogP contribution in [0.4, 0.5) is 0 Å². The zero-order valence-corrected chi connectivity index (χ0v) is 10.1. The van der Waals surface area contributed by atoms with Crippen LogP contribution >= 0.6 is 0 Å². The predicted molar refractivity (Wildman–Crippen MR) is 56.3 cm³/mol. The fourth-order valence-electron chi connectivity index (χ4n) is 0.961. The van der Waals surface area contributed by atoms with Crippen molar-refractivity contribution in [3.8, 4) is 0 Å². The zero-order valence-electron chi connectivity index (χ0n) is 9.28. The van der Waals surface area contributed by atoms with Crippen LogP contribution in [0.25, 0.3) is 0 Å². The molecule has 0 saturated carbocycles. The first kappa shape index (κ1) is 13.8. The van der Waals surface area contributed by atoms with E-state index >= 15 is 0 Å². The molecular formula is C8H20N2O3S. The summed E-state index contributed by atoms with van der Waals surface area (Å²) in [4.78, 5) is 0. The van der Waals surface area contributed by atoms with Gasteiger partial charge in [0.15, 0.2) is 0 Å². The summed E-state index contributed by atoms with van der Waals surface area (Å²) in [7, 11) is -1.77. The average molecular weight is 224 g/mol. The summed E-state index contributed by atoms with van der Waals surface area (Å²) < 4.78 is 31.9. The Labute approximate surface area is 86.6 Å². The van der Waals surface area contributed by atoms with Crippen LogP contribution in [0.5, 0.6) is 0 Å². The molecule has 0 aliphatic carbocycles. The van der Waals surface area contributed by atoms with Crippen molar-refractivity contribution in [1.82, 2.24) is 9.03 Å². The predicted octanol–water partition coefficient (Wildman–Crippen LogP) is 0.198. The third-order valence-corrected chi connectivity index (χ3v) is 3.73. The van der Waals surface area contributed by atoms with E-state index < -0.39 is 10.2 Å². The van der Waals surface area contributed by atoms with Gasteiger partial charge in [0.25, 0.3) is 10.2 Å². The number of rotatable bonds is 7. The molecule has 0 aromatic rings. The SMILES string of the molecule is CCN(CC)S(=O)(=O)NCC(C)OC. The molecule has 1 N–H and O–H groups in total. The van der Waals surface area contributed by atoms with Gasteiger partial charge in [-0.05, 0) is 6.92 Å². The minimum absolute atomic E-state index is 0.111. The summed E-state index contributed by atoms with van der Waals surface area (Å²) in [5.41, 5.74) is 0. The molecule has 0 amide bonds. The van der Waals surface area contributed by atoms with E-state index in [1.54, 1.807) is 7.11 Å². The topological polar surface area (TPSA) is 58.6 Å². The Hall–Kier alpha value is -0.170. The van der Waals surface area contributed by atoms with Gasteiger partial charge in [0, 0.05) is 26.7 Å². The second kappa shape index (κ2) is 6.34. The highest BCUT2D eigenvalue weighted by Gasteiger charge is 2.18. The third kappa shape index (κ3) is 4.36. The molecule has 1 unspecified atom stereocenters. The van der Waals surface area contributed by atoms with Crippen molar-refractivity contribution in [2.75, 3.05) is 26.7 Å². The van der Waals surface area contributed by atoms with E-state index in [1.165, 1.54) is 4.31 Å². The van der Waals surface area contributed by atoms with Gasteiger partial charge >= 0.3 is 0 Å². The third-order valence-electron chi connectivity index (χ3n) is 2.00. The Morgan fingerprint density at radius 1 is 1.36 bits per heavy atom. The molecule has 0 aromatic carbocycles. The number of hydrogen-bond acceptors (Lipinski definition) is 3. The van der Waals surface area contributed by atoms with Gasteiger partial charge in [-0.2, -0.15) is 17.4 Å². The Morgan fingerprint density at radius 2 is 1.86 bits per heavy atom. The fraction of sp³-hybridized carbons (Fsp3) is 1.00. The van der Waals surface area contributed by atoms with Crippen molar-refractivity contribution < 1.29 is 13.2 Å². The summed E-state index contributed by atoms with van der Waals surface area (Å²) in [6.07, 6.45) is -0.111. The Bertz CT molecular complexity index is 237. The number of nitrogens with one attached hydrogen (secondary N) is 1. The fourth-order valence-corrected chi connectivity index (χ4v) is 2.27. The normalized spacial score (nSPS) is 14.6. The van der Waals surface area contributed by atoms with Crippen molar-refractivity contribution in [1.29, 1.82) is 0 Å². The summed E-state index contributed by atoms with van der Waals surface area (Å²) in [6, 6.07) is 0. The Morgan fingerprint density at radius 3 is 2.21 bits per heavy atom. The van der Waals surface area contributed by atoms with Crippen LogP contribution in [0, 0.1) is 0 Å². The van der Waals surface area contributed by atoms with Crippen LogP contribution in [0.3, 0.4) is 0 Å². The van der Waals surface area contributed by atoms with E-state index in [-0.39, 0.29) is 6.10 Å². The van der Waals surface area contributed by atoms with Crippen LogP contribution in [-0.4, -0.2) is 45.6 Å². The van der Waals surface area contributed by atoms with Crippen molar-refractivity contribution in [2.45, 2.75) is 26.9 Å². The highest BCUT2D eigenvalue weighted by molar-refractivity contribution is 7.87.